The molecule has 0 bridgehead atoms. The van der Waals surface area contributed by atoms with E-state index in [0.29, 0.717) is 29.5 Å². The fraction of sp³-hybridized carbons (Fsp3) is 0.438. The molecular formula is C16H16N4O3S. The van der Waals surface area contributed by atoms with E-state index in [9.17, 15) is 9.59 Å². The minimum atomic E-state index is -0.408. The molecule has 1 atom stereocenters. The molecular weight excluding hydrogens is 328 g/mol. The first-order chi connectivity index (χ1) is 11.7. The van der Waals surface area contributed by atoms with E-state index in [0.717, 1.165) is 29.7 Å². The molecule has 1 saturated carbocycles. The molecule has 2 aromatic heterocycles. The number of hydrogen-bond acceptors (Lipinski definition) is 5. The van der Waals surface area contributed by atoms with Gasteiger partial charge in [-0.05, 0) is 18.8 Å². The summed E-state index contributed by atoms with van der Waals surface area (Å²) in [6, 6.07) is -0.408. The van der Waals surface area contributed by atoms with E-state index in [4.69, 9.17) is 4.74 Å². The van der Waals surface area contributed by atoms with E-state index in [1.54, 1.807) is 17.3 Å². The molecule has 4 heterocycles. The van der Waals surface area contributed by atoms with Crippen LogP contribution in [0.2, 0.25) is 0 Å². The summed E-state index contributed by atoms with van der Waals surface area (Å²) in [6.07, 6.45) is 6.59. The minimum absolute atomic E-state index is 0.00658. The van der Waals surface area contributed by atoms with Gasteiger partial charge in [0.2, 0.25) is 5.91 Å². The topological polar surface area (TPSA) is 87.3 Å². The third-order valence-electron chi connectivity index (χ3n) is 5.08. The molecule has 124 valence electrons. The lowest BCUT2D eigenvalue weighted by atomic mass is 9.79. The van der Waals surface area contributed by atoms with Crippen LogP contribution in [0.5, 0.6) is 5.75 Å². The molecule has 3 aliphatic rings. The minimum Gasteiger partial charge on any atom is -0.488 e. The Balaban J connectivity index is 1.64. The number of anilines is 1. The van der Waals surface area contributed by atoms with Crippen molar-refractivity contribution in [3.63, 3.8) is 0 Å². The van der Waals surface area contributed by atoms with Crippen LogP contribution >= 0.6 is 11.3 Å². The Kier molecular flexibility index (Phi) is 2.97. The van der Waals surface area contributed by atoms with E-state index < -0.39 is 6.04 Å². The number of H-pyrrole nitrogens is 1. The van der Waals surface area contributed by atoms with E-state index in [1.165, 1.54) is 11.3 Å². The number of carbonyl (C=O) groups excluding carboxylic acids is 2. The average molecular weight is 344 g/mol. The maximum atomic E-state index is 13.0. The second-order valence-corrected chi connectivity index (χ2v) is 7.43. The van der Waals surface area contributed by atoms with E-state index in [2.05, 4.69) is 15.5 Å². The molecule has 2 N–H and O–H groups in total. The van der Waals surface area contributed by atoms with E-state index >= 15 is 0 Å². The molecule has 0 radical (unpaired) electrons. The van der Waals surface area contributed by atoms with Crippen molar-refractivity contribution in [2.45, 2.75) is 25.3 Å². The Morgan fingerprint density at radius 3 is 2.88 bits per heavy atom. The number of carbonyl (C=O) groups is 2. The van der Waals surface area contributed by atoms with Gasteiger partial charge in [-0.1, -0.05) is 6.42 Å². The molecule has 24 heavy (non-hydrogen) atoms. The second-order valence-electron chi connectivity index (χ2n) is 6.41. The van der Waals surface area contributed by atoms with Crippen molar-refractivity contribution < 1.29 is 14.3 Å². The van der Waals surface area contributed by atoms with Gasteiger partial charge >= 0.3 is 0 Å². The van der Waals surface area contributed by atoms with Gasteiger partial charge < -0.3 is 15.0 Å². The number of ether oxygens (including phenoxy) is 1. The summed E-state index contributed by atoms with van der Waals surface area (Å²) >= 11 is 1.36. The third kappa shape index (κ3) is 1.86. The fourth-order valence-corrected chi connectivity index (χ4v) is 4.74. The fourth-order valence-electron chi connectivity index (χ4n) is 3.61. The lowest BCUT2D eigenvalue weighted by Gasteiger charge is -2.35. The zero-order valence-corrected chi connectivity index (χ0v) is 13.7. The van der Waals surface area contributed by atoms with Crippen molar-refractivity contribution in [1.29, 1.82) is 0 Å². The highest BCUT2D eigenvalue weighted by Crippen LogP contribution is 2.50. The molecule has 1 fully saturated rings. The van der Waals surface area contributed by atoms with Gasteiger partial charge in [-0.2, -0.15) is 5.10 Å². The highest BCUT2D eigenvalue weighted by molar-refractivity contribution is 7.18. The Bertz CT molecular complexity index is 825. The quantitative estimate of drug-likeness (QED) is 0.869. The van der Waals surface area contributed by atoms with Crippen molar-refractivity contribution in [1.82, 2.24) is 15.5 Å². The van der Waals surface area contributed by atoms with Gasteiger partial charge in [-0.3, -0.25) is 14.7 Å². The van der Waals surface area contributed by atoms with Gasteiger partial charge in [-0.15, -0.1) is 11.3 Å². The highest BCUT2D eigenvalue weighted by atomic mass is 32.1. The van der Waals surface area contributed by atoms with E-state index in [1.807, 2.05) is 0 Å². The number of hydrogen-bond donors (Lipinski definition) is 2. The number of aromatic nitrogens is 2. The largest absolute Gasteiger partial charge is 0.488 e. The molecule has 2 amide bonds. The maximum Gasteiger partial charge on any atom is 0.264 e. The molecule has 0 unspecified atom stereocenters. The van der Waals surface area contributed by atoms with Gasteiger partial charge in [-0.25, -0.2) is 0 Å². The average Bonchev–Trinajstić information content (AvgIpc) is 3.16. The smallest absolute Gasteiger partial charge is 0.264 e. The summed E-state index contributed by atoms with van der Waals surface area (Å²) in [5, 5.41) is 9.71. The number of rotatable bonds is 2. The molecule has 0 saturated heterocycles. The highest BCUT2D eigenvalue weighted by Gasteiger charge is 2.44. The van der Waals surface area contributed by atoms with Crippen LogP contribution < -0.4 is 15.0 Å². The van der Waals surface area contributed by atoms with Crippen LogP contribution in [0.4, 0.5) is 5.69 Å². The first kappa shape index (κ1) is 14.0. The molecule has 5 rings (SSSR count). The van der Waals surface area contributed by atoms with Gasteiger partial charge in [0.15, 0.2) is 5.75 Å². The van der Waals surface area contributed by atoms with Crippen LogP contribution in [-0.2, 0) is 4.79 Å². The van der Waals surface area contributed by atoms with Crippen LogP contribution in [-0.4, -0.2) is 41.2 Å². The first-order valence-corrected chi connectivity index (χ1v) is 8.96. The van der Waals surface area contributed by atoms with Gasteiger partial charge in [0, 0.05) is 11.8 Å². The molecule has 7 nitrogen and oxygen atoms in total. The monoisotopic (exact) mass is 344 g/mol. The molecule has 2 aromatic rings. The van der Waals surface area contributed by atoms with Gasteiger partial charge in [0.25, 0.3) is 5.91 Å². The normalized spacial score (nSPS) is 23.2. The predicted molar refractivity (Wildman–Crippen MR) is 88.3 cm³/mol. The Morgan fingerprint density at radius 1 is 1.29 bits per heavy atom. The number of amides is 2. The summed E-state index contributed by atoms with van der Waals surface area (Å²) in [4.78, 5) is 28.9. The SMILES string of the molecule is O=C1N[C@@H](C2CCC2)C(=O)N2CCOc3c(-c4cn[nH]c4)sc1c32. The van der Waals surface area contributed by atoms with Gasteiger partial charge in [0.1, 0.15) is 23.2 Å². The number of nitrogens with zero attached hydrogens (tertiary/aromatic N) is 2. The predicted octanol–water partition coefficient (Wildman–Crippen LogP) is 1.78. The summed E-state index contributed by atoms with van der Waals surface area (Å²) in [6.45, 7) is 0.921. The Morgan fingerprint density at radius 2 is 2.17 bits per heavy atom. The third-order valence-corrected chi connectivity index (χ3v) is 6.29. The van der Waals surface area contributed by atoms with E-state index in [-0.39, 0.29) is 17.7 Å². The van der Waals surface area contributed by atoms with Crippen LogP contribution in [0.3, 0.4) is 0 Å². The summed E-state index contributed by atoms with van der Waals surface area (Å²) in [5.41, 5.74) is 1.49. The molecule has 0 spiro atoms. The summed E-state index contributed by atoms with van der Waals surface area (Å²) in [7, 11) is 0. The number of thiophene rings is 1. The summed E-state index contributed by atoms with van der Waals surface area (Å²) < 4.78 is 5.85. The molecule has 0 aromatic carbocycles. The molecule has 8 heteroatoms. The number of aromatic amines is 1. The van der Waals surface area contributed by atoms with Crippen molar-refractivity contribution in [2.24, 2.45) is 5.92 Å². The standard InChI is InChI=1S/C16H16N4O3S/c21-15-14-11-12(13(24-14)9-6-17-18-7-9)23-5-4-20(11)16(22)10(19-15)8-2-1-3-8/h6-8,10H,1-5H2,(H,17,18)(H,19,21)/t10-/m0/s1. The van der Waals surface area contributed by atoms with Crippen LogP contribution in [0.15, 0.2) is 12.4 Å². The Labute approximate surface area is 142 Å². The maximum absolute atomic E-state index is 13.0. The second kappa shape index (κ2) is 5.07. The van der Waals surface area contributed by atoms with Crippen molar-refractivity contribution >= 4 is 28.8 Å². The Hall–Kier alpha value is -2.35. The summed E-state index contributed by atoms with van der Waals surface area (Å²) in [5.74, 6) is 0.702. The van der Waals surface area contributed by atoms with Crippen LogP contribution in [0, 0.1) is 5.92 Å². The zero-order chi connectivity index (χ0) is 16.3. The first-order valence-electron chi connectivity index (χ1n) is 8.15. The van der Waals surface area contributed by atoms with Crippen molar-refractivity contribution in [3.05, 3.63) is 17.3 Å². The van der Waals surface area contributed by atoms with Crippen molar-refractivity contribution in [2.75, 3.05) is 18.1 Å². The zero-order valence-electron chi connectivity index (χ0n) is 12.9. The number of nitrogens with one attached hydrogen (secondary N) is 2. The lowest BCUT2D eigenvalue weighted by Crippen LogP contribution is -2.53. The van der Waals surface area contributed by atoms with Crippen molar-refractivity contribution in [3.8, 4) is 16.2 Å². The van der Waals surface area contributed by atoms with Crippen LogP contribution in [0.25, 0.3) is 10.4 Å². The van der Waals surface area contributed by atoms with Gasteiger partial charge in [0.05, 0.1) is 17.6 Å². The van der Waals surface area contributed by atoms with Crippen LogP contribution in [0.1, 0.15) is 28.9 Å². The molecule has 2 aliphatic heterocycles. The lowest BCUT2D eigenvalue weighted by molar-refractivity contribution is -0.122. The molecule has 1 aliphatic carbocycles.